The lowest BCUT2D eigenvalue weighted by atomic mass is 9.89. The smallest absolute Gasteiger partial charge is 0.256 e. The topological polar surface area (TPSA) is 61.4 Å². The molecular formula is C21H29N3O2. The largest absolute Gasteiger partial charge is 0.339 e. The fourth-order valence-electron chi connectivity index (χ4n) is 4.94. The first kappa shape index (κ1) is 17.5. The maximum absolute atomic E-state index is 12.9. The Morgan fingerprint density at radius 1 is 1.15 bits per heavy atom. The minimum atomic E-state index is 0.0392. The second-order valence-electron chi connectivity index (χ2n) is 8.22. The van der Waals surface area contributed by atoms with Crippen LogP contribution in [0.5, 0.6) is 0 Å². The van der Waals surface area contributed by atoms with Crippen LogP contribution in [0.1, 0.15) is 60.9 Å². The molecule has 26 heavy (non-hydrogen) atoms. The molecule has 2 N–H and O–H groups in total. The Labute approximate surface area is 155 Å². The molecule has 0 radical (unpaired) electrons. The average Bonchev–Trinajstić information content (AvgIpc) is 3.24. The standard InChI is InChI=1S/C21H29N3O2/c1-14-5-4-6-18(20(14)21(26)24-9-2-3-10-24)23-19(25)13-15-11-16-7-8-17(12-15)22-16/h4-6,15-17,22H,2-3,7-13H2,1H3,(H,23,25). The van der Waals surface area contributed by atoms with Gasteiger partial charge in [-0.1, -0.05) is 12.1 Å². The van der Waals surface area contributed by atoms with Gasteiger partial charge in [-0.2, -0.15) is 0 Å². The van der Waals surface area contributed by atoms with Crippen LogP contribution in [0.25, 0.3) is 0 Å². The number of fused-ring (bicyclic) bond motifs is 2. The third-order valence-electron chi connectivity index (χ3n) is 6.20. The van der Waals surface area contributed by atoms with Crippen molar-refractivity contribution in [2.24, 2.45) is 5.92 Å². The van der Waals surface area contributed by atoms with Gasteiger partial charge in [0.1, 0.15) is 0 Å². The molecule has 5 heteroatoms. The molecule has 2 bridgehead atoms. The minimum absolute atomic E-state index is 0.0392. The molecule has 3 aliphatic heterocycles. The number of carbonyl (C=O) groups excluding carboxylic acids is 2. The number of aryl methyl sites for hydroxylation is 1. The quantitative estimate of drug-likeness (QED) is 0.872. The van der Waals surface area contributed by atoms with E-state index in [2.05, 4.69) is 10.6 Å². The van der Waals surface area contributed by atoms with Gasteiger partial charge >= 0.3 is 0 Å². The highest BCUT2D eigenvalue weighted by Gasteiger charge is 2.34. The van der Waals surface area contributed by atoms with Gasteiger partial charge in [-0.3, -0.25) is 9.59 Å². The van der Waals surface area contributed by atoms with Gasteiger partial charge in [0.2, 0.25) is 5.91 Å². The van der Waals surface area contributed by atoms with Crippen molar-refractivity contribution in [3.05, 3.63) is 29.3 Å². The monoisotopic (exact) mass is 355 g/mol. The third kappa shape index (κ3) is 3.63. The lowest BCUT2D eigenvalue weighted by Crippen LogP contribution is -2.39. The summed E-state index contributed by atoms with van der Waals surface area (Å²) in [6.07, 6.45) is 7.37. The summed E-state index contributed by atoms with van der Waals surface area (Å²) >= 11 is 0. The molecule has 0 aliphatic carbocycles. The van der Waals surface area contributed by atoms with Crippen LogP contribution in [0, 0.1) is 12.8 Å². The summed E-state index contributed by atoms with van der Waals surface area (Å²) in [5.74, 6) is 0.546. The van der Waals surface area contributed by atoms with Crippen molar-refractivity contribution >= 4 is 17.5 Å². The second kappa shape index (κ2) is 7.39. The number of hydrogen-bond donors (Lipinski definition) is 2. The molecule has 3 aliphatic rings. The van der Waals surface area contributed by atoms with Crippen LogP contribution in [-0.4, -0.2) is 41.9 Å². The van der Waals surface area contributed by atoms with E-state index in [1.807, 2.05) is 30.0 Å². The van der Waals surface area contributed by atoms with Gasteiger partial charge in [0.25, 0.3) is 5.91 Å². The van der Waals surface area contributed by atoms with Gasteiger partial charge in [-0.05, 0) is 63.0 Å². The highest BCUT2D eigenvalue weighted by molar-refractivity contribution is 6.05. The van der Waals surface area contributed by atoms with Crippen LogP contribution in [0.3, 0.4) is 0 Å². The lowest BCUT2D eigenvalue weighted by molar-refractivity contribution is -0.117. The molecular weight excluding hydrogens is 326 g/mol. The number of amides is 2. The molecule has 2 atom stereocenters. The van der Waals surface area contributed by atoms with Gasteiger partial charge in [-0.25, -0.2) is 0 Å². The number of nitrogens with one attached hydrogen (secondary N) is 2. The van der Waals surface area contributed by atoms with E-state index < -0.39 is 0 Å². The van der Waals surface area contributed by atoms with Crippen molar-refractivity contribution in [3.8, 4) is 0 Å². The summed E-state index contributed by atoms with van der Waals surface area (Å²) in [6, 6.07) is 6.91. The summed E-state index contributed by atoms with van der Waals surface area (Å²) in [7, 11) is 0. The fraction of sp³-hybridized carbons (Fsp3) is 0.619. The van der Waals surface area contributed by atoms with Crippen LogP contribution < -0.4 is 10.6 Å². The van der Waals surface area contributed by atoms with Gasteiger partial charge in [0.05, 0.1) is 11.3 Å². The van der Waals surface area contributed by atoms with Gasteiger partial charge < -0.3 is 15.5 Å². The predicted octanol–water partition coefficient (Wildman–Crippen LogP) is 3.09. The molecule has 1 aromatic carbocycles. The number of likely N-dealkylation sites (tertiary alicyclic amines) is 1. The van der Waals surface area contributed by atoms with Gasteiger partial charge in [0, 0.05) is 31.6 Å². The molecule has 2 amide bonds. The van der Waals surface area contributed by atoms with E-state index in [1.165, 1.54) is 12.8 Å². The zero-order chi connectivity index (χ0) is 18.1. The Bertz CT molecular complexity index is 684. The molecule has 3 saturated heterocycles. The number of hydrogen-bond acceptors (Lipinski definition) is 3. The highest BCUT2D eigenvalue weighted by Crippen LogP contribution is 2.33. The van der Waals surface area contributed by atoms with Crippen molar-refractivity contribution in [1.82, 2.24) is 10.2 Å². The number of anilines is 1. The first-order chi connectivity index (χ1) is 12.6. The third-order valence-corrected chi connectivity index (χ3v) is 6.20. The van der Waals surface area contributed by atoms with Crippen LogP contribution in [0.15, 0.2) is 18.2 Å². The summed E-state index contributed by atoms with van der Waals surface area (Å²) in [5.41, 5.74) is 2.26. The van der Waals surface area contributed by atoms with Crippen molar-refractivity contribution in [2.75, 3.05) is 18.4 Å². The van der Waals surface area contributed by atoms with Crippen molar-refractivity contribution in [1.29, 1.82) is 0 Å². The Hall–Kier alpha value is -1.88. The van der Waals surface area contributed by atoms with Crippen molar-refractivity contribution < 1.29 is 9.59 Å². The second-order valence-corrected chi connectivity index (χ2v) is 8.22. The van der Waals surface area contributed by atoms with E-state index in [0.29, 0.717) is 35.7 Å². The lowest BCUT2D eigenvalue weighted by Gasteiger charge is -2.28. The van der Waals surface area contributed by atoms with E-state index in [-0.39, 0.29) is 11.8 Å². The number of nitrogens with zero attached hydrogens (tertiary/aromatic N) is 1. The maximum atomic E-state index is 12.9. The molecule has 5 nitrogen and oxygen atoms in total. The summed E-state index contributed by atoms with van der Waals surface area (Å²) in [6.45, 7) is 3.58. The van der Waals surface area contributed by atoms with Gasteiger partial charge in [-0.15, -0.1) is 0 Å². The molecule has 2 unspecified atom stereocenters. The van der Waals surface area contributed by atoms with E-state index >= 15 is 0 Å². The Morgan fingerprint density at radius 2 is 1.85 bits per heavy atom. The summed E-state index contributed by atoms with van der Waals surface area (Å²) in [5, 5.41) is 6.67. The summed E-state index contributed by atoms with van der Waals surface area (Å²) < 4.78 is 0. The number of piperidine rings is 1. The fourth-order valence-corrected chi connectivity index (χ4v) is 4.94. The summed E-state index contributed by atoms with van der Waals surface area (Å²) in [4.78, 5) is 27.5. The van der Waals surface area contributed by atoms with E-state index in [0.717, 1.165) is 44.3 Å². The number of benzene rings is 1. The molecule has 1 aromatic rings. The number of carbonyl (C=O) groups is 2. The minimum Gasteiger partial charge on any atom is -0.339 e. The SMILES string of the molecule is Cc1cccc(NC(=O)CC2CC3CCC(C2)N3)c1C(=O)N1CCCC1. The first-order valence-electron chi connectivity index (χ1n) is 10.0. The molecule has 3 fully saturated rings. The highest BCUT2D eigenvalue weighted by atomic mass is 16.2. The van der Waals surface area contributed by atoms with Crippen LogP contribution >= 0.6 is 0 Å². The zero-order valence-corrected chi connectivity index (χ0v) is 15.6. The first-order valence-corrected chi connectivity index (χ1v) is 10.0. The Balaban J connectivity index is 1.44. The molecule has 0 saturated carbocycles. The normalized spacial score (nSPS) is 27.6. The van der Waals surface area contributed by atoms with Crippen LogP contribution in [-0.2, 0) is 4.79 Å². The van der Waals surface area contributed by atoms with Gasteiger partial charge in [0.15, 0.2) is 0 Å². The van der Waals surface area contributed by atoms with E-state index in [4.69, 9.17) is 0 Å². The molecule has 4 rings (SSSR count). The Kier molecular flexibility index (Phi) is 4.98. The van der Waals surface area contributed by atoms with E-state index in [1.54, 1.807) is 0 Å². The van der Waals surface area contributed by atoms with Crippen LogP contribution in [0.2, 0.25) is 0 Å². The molecule has 0 spiro atoms. The molecule has 0 aromatic heterocycles. The number of rotatable bonds is 4. The Morgan fingerprint density at radius 3 is 2.54 bits per heavy atom. The predicted molar refractivity (Wildman–Crippen MR) is 102 cm³/mol. The van der Waals surface area contributed by atoms with Crippen molar-refractivity contribution in [2.45, 2.75) is 64.0 Å². The average molecular weight is 355 g/mol. The molecule has 3 heterocycles. The maximum Gasteiger partial charge on any atom is 0.256 e. The van der Waals surface area contributed by atoms with E-state index in [9.17, 15) is 9.59 Å². The van der Waals surface area contributed by atoms with Crippen LogP contribution in [0.4, 0.5) is 5.69 Å². The van der Waals surface area contributed by atoms with Crippen molar-refractivity contribution in [3.63, 3.8) is 0 Å². The molecule has 140 valence electrons. The zero-order valence-electron chi connectivity index (χ0n) is 15.6.